The van der Waals surface area contributed by atoms with E-state index in [0.29, 0.717) is 19.4 Å². The average Bonchev–Trinajstić information content (AvgIpc) is 3.02. The van der Waals surface area contributed by atoms with Gasteiger partial charge in [0.25, 0.3) is 0 Å². The standard InChI is InChI=1S/C19H24N2O2S/c1-4-12-24(22,23)21-11-10-19(15(2)13-16(3)20-19)18(21)14-17-8-6-5-7-9-17/h5-9,13-14H,4,10-12H2,1-3H3/b18-14+/t19-/m1/s1. The highest BCUT2D eigenvalue weighted by molar-refractivity contribution is 7.89. The van der Waals surface area contributed by atoms with E-state index in [9.17, 15) is 8.42 Å². The molecule has 0 N–H and O–H groups in total. The van der Waals surface area contributed by atoms with Crippen molar-refractivity contribution in [2.75, 3.05) is 12.3 Å². The summed E-state index contributed by atoms with van der Waals surface area (Å²) in [5.41, 5.74) is 3.34. The summed E-state index contributed by atoms with van der Waals surface area (Å²) >= 11 is 0. The van der Waals surface area contributed by atoms with Crippen LogP contribution >= 0.6 is 0 Å². The molecule has 24 heavy (non-hydrogen) atoms. The molecular formula is C19H24N2O2S. The number of hydrogen-bond donors (Lipinski definition) is 0. The van der Waals surface area contributed by atoms with E-state index in [0.717, 1.165) is 22.5 Å². The summed E-state index contributed by atoms with van der Waals surface area (Å²) in [7, 11) is -3.32. The van der Waals surface area contributed by atoms with Crippen molar-refractivity contribution in [2.45, 2.75) is 39.2 Å². The molecule has 0 bridgehead atoms. The minimum Gasteiger partial charge on any atom is -0.273 e. The van der Waals surface area contributed by atoms with Crippen molar-refractivity contribution in [1.82, 2.24) is 4.31 Å². The lowest BCUT2D eigenvalue weighted by Crippen LogP contribution is -2.34. The van der Waals surface area contributed by atoms with Crippen molar-refractivity contribution in [2.24, 2.45) is 4.99 Å². The number of aliphatic imine (C=N–C) groups is 1. The van der Waals surface area contributed by atoms with E-state index in [1.54, 1.807) is 4.31 Å². The number of allylic oxidation sites excluding steroid dienone is 1. The van der Waals surface area contributed by atoms with Crippen molar-refractivity contribution in [3.05, 3.63) is 53.2 Å². The van der Waals surface area contributed by atoms with Crippen molar-refractivity contribution in [3.63, 3.8) is 0 Å². The Hall–Kier alpha value is -1.88. The molecule has 128 valence electrons. The Labute approximate surface area is 144 Å². The molecule has 0 saturated carbocycles. The van der Waals surface area contributed by atoms with Gasteiger partial charge in [-0.2, -0.15) is 0 Å². The molecule has 5 heteroatoms. The van der Waals surface area contributed by atoms with Gasteiger partial charge in [0.1, 0.15) is 5.54 Å². The molecule has 1 fully saturated rings. The first-order valence-corrected chi connectivity index (χ1v) is 10.0. The fourth-order valence-corrected chi connectivity index (χ4v) is 5.25. The SMILES string of the molecule is CCCS(=O)(=O)N1CC[C@]2(N=C(C)C=C2C)/C1=C\c1ccccc1. The summed E-state index contributed by atoms with van der Waals surface area (Å²) in [6.45, 7) is 6.41. The van der Waals surface area contributed by atoms with E-state index in [1.165, 1.54) is 0 Å². The number of hydrogen-bond acceptors (Lipinski definition) is 3. The molecule has 2 heterocycles. The first kappa shape index (κ1) is 17.0. The van der Waals surface area contributed by atoms with Gasteiger partial charge in [-0.15, -0.1) is 0 Å². The van der Waals surface area contributed by atoms with E-state index in [2.05, 4.69) is 13.0 Å². The third-order valence-electron chi connectivity index (χ3n) is 4.71. The second-order valence-corrected chi connectivity index (χ2v) is 8.53. The molecule has 0 aliphatic carbocycles. The Balaban J connectivity index is 2.14. The Morgan fingerprint density at radius 2 is 1.96 bits per heavy atom. The van der Waals surface area contributed by atoms with Gasteiger partial charge < -0.3 is 0 Å². The zero-order valence-electron chi connectivity index (χ0n) is 14.5. The predicted molar refractivity (Wildman–Crippen MR) is 99.4 cm³/mol. The predicted octanol–water partition coefficient (Wildman–Crippen LogP) is 3.63. The third-order valence-corrected chi connectivity index (χ3v) is 6.69. The maximum atomic E-state index is 12.8. The van der Waals surface area contributed by atoms with Gasteiger partial charge in [0.15, 0.2) is 0 Å². The van der Waals surface area contributed by atoms with Gasteiger partial charge in [0.05, 0.1) is 11.4 Å². The zero-order valence-corrected chi connectivity index (χ0v) is 15.3. The lowest BCUT2D eigenvalue weighted by molar-refractivity contribution is 0.508. The fraction of sp³-hybridized carbons (Fsp3) is 0.421. The molecule has 0 amide bonds. The van der Waals surface area contributed by atoms with Gasteiger partial charge in [0, 0.05) is 18.7 Å². The van der Waals surface area contributed by atoms with Gasteiger partial charge in [-0.3, -0.25) is 9.30 Å². The van der Waals surface area contributed by atoms with E-state index < -0.39 is 15.6 Å². The smallest absolute Gasteiger partial charge is 0.234 e. The molecule has 1 aromatic rings. The summed E-state index contributed by atoms with van der Waals surface area (Å²) < 4.78 is 27.1. The van der Waals surface area contributed by atoms with Gasteiger partial charge in [-0.05, 0) is 43.6 Å². The normalized spacial score (nSPS) is 25.5. The maximum Gasteiger partial charge on any atom is 0.234 e. The Kier molecular flexibility index (Phi) is 4.38. The molecule has 1 atom stereocenters. The van der Waals surface area contributed by atoms with Crippen LogP contribution in [-0.2, 0) is 10.0 Å². The van der Waals surface area contributed by atoms with E-state index in [1.807, 2.05) is 50.3 Å². The second kappa shape index (κ2) is 6.20. The molecule has 0 unspecified atom stereocenters. The van der Waals surface area contributed by atoms with Crippen LogP contribution in [0.1, 0.15) is 39.2 Å². The Bertz CT molecular complexity index is 822. The van der Waals surface area contributed by atoms with Crippen LogP contribution < -0.4 is 0 Å². The van der Waals surface area contributed by atoms with Crippen molar-refractivity contribution < 1.29 is 8.42 Å². The molecule has 1 aromatic carbocycles. The number of benzene rings is 1. The molecule has 0 radical (unpaired) electrons. The molecule has 0 aromatic heterocycles. The van der Waals surface area contributed by atoms with E-state index in [-0.39, 0.29) is 5.75 Å². The topological polar surface area (TPSA) is 49.7 Å². The quantitative estimate of drug-likeness (QED) is 0.837. The summed E-state index contributed by atoms with van der Waals surface area (Å²) in [6.07, 6.45) is 5.37. The highest BCUT2D eigenvalue weighted by atomic mass is 32.2. The first-order valence-electron chi connectivity index (χ1n) is 8.42. The van der Waals surface area contributed by atoms with Crippen molar-refractivity contribution in [3.8, 4) is 0 Å². The van der Waals surface area contributed by atoms with Gasteiger partial charge in [-0.25, -0.2) is 8.42 Å². The number of nitrogens with zero attached hydrogens (tertiary/aromatic N) is 2. The highest BCUT2D eigenvalue weighted by Gasteiger charge is 2.49. The van der Waals surface area contributed by atoms with Crippen LogP contribution in [0.15, 0.2) is 52.7 Å². The molecule has 2 aliphatic rings. The van der Waals surface area contributed by atoms with Gasteiger partial charge in [0.2, 0.25) is 10.0 Å². The van der Waals surface area contributed by atoms with Gasteiger partial charge >= 0.3 is 0 Å². The van der Waals surface area contributed by atoms with Crippen molar-refractivity contribution in [1.29, 1.82) is 0 Å². The minimum atomic E-state index is -3.32. The molecule has 1 saturated heterocycles. The lowest BCUT2D eigenvalue weighted by Gasteiger charge is -2.28. The third kappa shape index (κ3) is 2.81. The Morgan fingerprint density at radius 3 is 2.54 bits per heavy atom. The molecule has 2 aliphatic heterocycles. The second-order valence-electron chi connectivity index (χ2n) is 6.52. The zero-order chi connectivity index (χ0) is 17.4. The maximum absolute atomic E-state index is 12.8. The molecule has 4 nitrogen and oxygen atoms in total. The van der Waals surface area contributed by atoms with Crippen LogP contribution in [0.3, 0.4) is 0 Å². The lowest BCUT2D eigenvalue weighted by atomic mass is 9.88. The molecular weight excluding hydrogens is 320 g/mol. The minimum absolute atomic E-state index is 0.167. The van der Waals surface area contributed by atoms with E-state index >= 15 is 0 Å². The number of sulfonamides is 1. The highest BCUT2D eigenvalue weighted by Crippen LogP contribution is 2.46. The van der Waals surface area contributed by atoms with Crippen LogP contribution in [0.25, 0.3) is 6.08 Å². The summed E-state index contributed by atoms with van der Waals surface area (Å²) in [5, 5.41) is 0. The Morgan fingerprint density at radius 1 is 1.25 bits per heavy atom. The fourth-order valence-electron chi connectivity index (χ4n) is 3.64. The van der Waals surface area contributed by atoms with Gasteiger partial charge in [-0.1, -0.05) is 37.3 Å². The van der Waals surface area contributed by atoms with E-state index in [4.69, 9.17) is 4.99 Å². The van der Waals surface area contributed by atoms with Crippen LogP contribution in [0, 0.1) is 0 Å². The monoisotopic (exact) mass is 344 g/mol. The average molecular weight is 344 g/mol. The molecule has 1 spiro atoms. The number of rotatable bonds is 4. The first-order chi connectivity index (χ1) is 11.4. The largest absolute Gasteiger partial charge is 0.273 e. The summed E-state index contributed by atoms with van der Waals surface area (Å²) in [4.78, 5) is 4.85. The van der Waals surface area contributed by atoms with Crippen LogP contribution in [0.2, 0.25) is 0 Å². The van der Waals surface area contributed by atoms with Crippen LogP contribution in [0.5, 0.6) is 0 Å². The van der Waals surface area contributed by atoms with Crippen LogP contribution in [0.4, 0.5) is 0 Å². The summed E-state index contributed by atoms with van der Waals surface area (Å²) in [6, 6.07) is 9.87. The summed E-state index contributed by atoms with van der Waals surface area (Å²) in [5.74, 6) is 0.167. The van der Waals surface area contributed by atoms with Crippen molar-refractivity contribution >= 4 is 21.8 Å². The molecule has 3 rings (SSSR count). The van der Waals surface area contributed by atoms with Crippen LogP contribution in [-0.4, -0.2) is 36.3 Å².